The van der Waals surface area contributed by atoms with E-state index in [0.29, 0.717) is 18.7 Å². The molecular formula is C27H29N5OS. The second kappa shape index (κ2) is 9.40. The molecule has 1 aromatic carbocycles. The average molecular weight is 472 g/mol. The summed E-state index contributed by atoms with van der Waals surface area (Å²) >= 11 is 1.59. The van der Waals surface area contributed by atoms with Gasteiger partial charge in [0, 0.05) is 35.2 Å². The predicted molar refractivity (Wildman–Crippen MR) is 138 cm³/mol. The number of nitriles is 1. The van der Waals surface area contributed by atoms with Crippen LogP contribution in [-0.2, 0) is 17.4 Å². The first kappa shape index (κ1) is 23.7. The maximum atomic E-state index is 13.2. The van der Waals surface area contributed by atoms with Crippen molar-refractivity contribution in [3.63, 3.8) is 0 Å². The number of hydrogen-bond acceptors (Lipinski definition) is 5. The van der Waals surface area contributed by atoms with Gasteiger partial charge >= 0.3 is 0 Å². The average Bonchev–Trinajstić information content (AvgIpc) is 3.46. The van der Waals surface area contributed by atoms with E-state index >= 15 is 0 Å². The molecule has 1 aliphatic carbocycles. The number of fused-ring (bicyclic) bond motifs is 1. The standard InChI is InChI=1S/C27H29N5OS/c1-5-25(29)31-27(3,24-13-22(16-34-24)19-8-6-7-18(11-19)14-28)26(17(2)33)20-9-10-23-21(12-20)15-30-32(23)4/h6-10,12-13,15-16,19,26H,5,11H2,1-4H3,(H2,29,31)/t19?,26-,27+/m0/s1. The van der Waals surface area contributed by atoms with Crippen molar-refractivity contribution >= 4 is 33.9 Å². The van der Waals surface area contributed by atoms with Gasteiger partial charge in [0.2, 0.25) is 0 Å². The Morgan fingerprint density at radius 1 is 1.44 bits per heavy atom. The van der Waals surface area contributed by atoms with Gasteiger partial charge in [0.25, 0.3) is 0 Å². The summed E-state index contributed by atoms with van der Waals surface area (Å²) in [5.74, 6) is 0.160. The number of hydrogen-bond donors (Lipinski definition) is 1. The first-order valence-corrected chi connectivity index (χ1v) is 12.3. The third-order valence-electron chi connectivity index (χ3n) is 6.58. The van der Waals surface area contributed by atoms with Gasteiger partial charge < -0.3 is 5.73 Å². The summed E-state index contributed by atoms with van der Waals surface area (Å²) in [6, 6.07) is 10.4. The molecule has 2 aromatic heterocycles. The Bertz CT molecular complexity index is 1370. The summed E-state index contributed by atoms with van der Waals surface area (Å²) < 4.78 is 1.82. The van der Waals surface area contributed by atoms with Crippen LogP contribution in [0.15, 0.2) is 64.6 Å². The Labute approximate surface area is 204 Å². The Balaban J connectivity index is 1.82. The SMILES string of the molecule is CCC(N)=N[C@](C)(c1cc(C2C=CC=C(C#N)C2)cs1)[C@@H](C(C)=O)c1ccc2c(cnn2C)c1. The zero-order chi connectivity index (χ0) is 24.5. The highest BCUT2D eigenvalue weighted by atomic mass is 32.1. The maximum Gasteiger partial charge on any atom is 0.140 e. The van der Waals surface area contributed by atoms with Gasteiger partial charge in [0.15, 0.2) is 0 Å². The van der Waals surface area contributed by atoms with Gasteiger partial charge in [0.1, 0.15) is 11.3 Å². The Morgan fingerprint density at radius 2 is 2.24 bits per heavy atom. The fourth-order valence-electron chi connectivity index (χ4n) is 4.76. The molecule has 1 unspecified atom stereocenters. The summed E-state index contributed by atoms with van der Waals surface area (Å²) in [6.07, 6.45) is 9.01. The van der Waals surface area contributed by atoms with E-state index in [1.54, 1.807) is 18.3 Å². The predicted octanol–water partition coefficient (Wildman–Crippen LogP) is 5.48. The number of amidine groups is 1. The molecule has 2 N–H and O–H groups in total. The van der Waals surface area contributed by atoms with Crippen molar-refractivity contribution in [1.29, 1.82) is 5.26 Å². The second-order valence-corrected chi connectivity index (χ2v) is 9.89. The highest BCUT2D eigenvalue weighted by molar-refractivity contribution is 7.10. The van der Waals surface area contributed by atoms with Crippen molar-refractivity contribution in [3.8, 4) is 6.07 Å². The minimum absolute atomic E-state index is 0.0283. The van der Waals surface area contributed by atoms with Crippen LogP contribution in [0, 0.1) is 11.3 Å². The monoisotopic (exact) mass is 471 g/mol. The van der Waals surface area contributed by atoms with Crippen LogP contribution in [0.25, 0.3) is 10.9 Å². The third-order valence-corrected chi connectivity index (χ3v) is 7.76. The Hall–Kier alpha value is -3.50. The zero-order valence-corrected chi connectivity index (χ0v) is 20.8. The number of ketones is 1. The topological polar surface area (TPSA) is 97.1 Å². The number of nitrogens with two attached hydrogens (primary N) is 1. The van der Waals surface area contributed by atoms with Crippen LogP contribution in [0.3, 0.4) is 0 Å². The molecule has 3 aromatic rings. The van der Waals surface area contributed by atoms with Crippen molar-refractivity contribution in [1.82, 2.24) is 9.78 Å². The number of carbonyl (C=O) groups excluding carboxylic acids is 1. The van der Waals surface area contributed by atoms with Crippen molar-refractivity contribution in [2.45, 2.75) is 51.0 Å². The molecule has 6 nitrogen and oxygen atoms in total. The van der Waals surface area contributed by atoms with Crippen molar-refractivity contribution in [2.75, 3.05) is 0 Å². The first-order chi connectivity index (χ1) is 16.3. The van der Waals surface area contributed by atoms with E-state index in [9.17, 15) is 10.1 Å². The molecule has 2 heterocycles. The molecular weight excluding hydrogens is 442 g/mol. The number of nitrogens with zero attached hydrogens (tertiary/aromatic N) is 4. The summed E-state index contributed by atoms with van der Waals surface area (Å²) in [5.41, 5.74) is 9.19. The lowest BCUT2D eigenvalue weighted by molar-refractivity contribution is -0.119. The van der Waals surface area contributed by atoms with E-state index in [1.807, 2.05) is 62.1 Å². The number of thiophene rings is 1. The lowest BCUT2D eigenvalue weighted by atomic mass is 9.76. The van der Waals surface area contributed by atoms with Gasteiger partial charge in [-0.3, -0.25) is 14.5 Å². The molecule has 0 aliphatic heterocycles. The zero-order valence-electron chi connectivity index (χ0n) is 19.9. The highest BCUT2D eigenvalue weighted by Crippen LogP contribution is 2.45. The summed E-state index contributed by atoms with van der Waals surface area (Å²) in [7, 11) is 1.90. The van der Waals surface area contributed by atoms with Crippen LogP contribution in [0.4, 0.5) is 0 Å². The van der Waals surface area contributed by atoms with Crippen LogP contribution < -0.4 is 5.73 Å². The van der Waals surface area contributed by atoms with Gasteiger partial charge in [0.05, 0.1) is 29.5 Å². The number of aliphatic imine (C=N–C) groups is 1. The summed E-state index contributed by atoms with van der Waals surface area (Å²) in [6.45, 7) is 5.59. The normalized spacial score (nSPS) is 18.9. The van der Waals surface area contributed by atoms with Gasteiger partial charge in [-0.15, -0.1) is 11.3 Å². The lowest BCUT2D eigenvalue weighted by Crippen LogP contribution is -2.34. The second-order valence-electron chi connectivity index (χ2n) is 8.98. The molecule has 0 bridgehead atoms. The molecule has 7 heteroatoms. The molecule has 4 rings (SSSR count). The molecule has 0 spiro atoms. The number of Topliss-reactive ketones (excluding diaryl/α,β-unsaturated/α-hetero) is 1. The smallest absolute Gasteiger partial charge is 0.140 e. The van der Waals surface area contributed by atoms with Gasteiger partial charge in [-0.2, -0.15) is 10.4 Å². The van der Waals surface area contributed by atoms with Crippen LogP contribution in [0.1, 0.15) is 61.5 Å². The summed E-state index contributed by atoms with van der Waals surface area (Å²) in [5, 5.41) is 16.8. The van der Waals surface area contributed by atoms with E-state index in [0.717, 1.165) is 32.5 Å². The minimum Gasteiger partial charge on any atom is -0.387 e. The van der Waals surface area contributed by atoms with Gasteiger partial charge in [-0.05, 0) is 61.1 Å². The van der Waals surface area contributed by atoms with Gasteiger partial charge in [-0.25, -0.2) is 0 Å². The van der Waals surface area contributed by atoms with E-state index < -0.39 is 11.5 Å². The first-order valence-electron chi connectivity index (χ1n) is 11.4. The molecule has 174 valence electrons. The number of rotatable bonds is 7. The number of aromatic nitrogens is 2. The molecule has 1 aliphatic rings. The lowest BCUT2D eigenvalue weighted by Gasteiger charge is -2.33. The van der Waals surface area contributed by atoms with Crippen LogP contribution in [0.2, 0.25) is 0 Å². The van der Waals surface area contributed by atoms with Crippen molar-refractivity contribution < 1.29 is 4.79 Å². The molecule has 0 amide bonds. The Morgan fingerprint density at radius 3 is 2.94 bits per heavy atom. The van der Waals surface area contributed by atoms with Crippen LogP contribution in [0.5, 0.6) is 0 Å². The van der Waals surface area contributed by atoms with Crippen LogP contribution >= 0.6 is 11.3 Å². The van der Waals surface area contributed by atoms with E-state index in [-0.39, 0.29) is 11.7 Å². The van der Waals surface area contributed by atoms with Crippen LogP contribution in [-0.4, -0.2) is 21.4 Å². The minimum atomic E-state index is -0.864. The number of allylic oxidation sites excluding steroid dienone is 4. The number of carbonyl (C=O) groups is 1. The van der Waals surface area contributed by atoms with Crippen molar-refractivity contribution in [3.05, 3.63) is 75.6 Å². The molecule has 0 saturated carbocycles. The van der Waals surface area contributed by atoms with E-state index in [2.05, 4.69) is 28.7 Å². The van der Waals surface area contributed by atoms with E-state index in [1.165, 1.54) is 0 Å². The number of benzene rings is 1. The van der Waals surface area contributed by atoms with E-state index in [4.69, 9.17) is 10.7 Å². The Kier molecular flexibility index (Phi) is 6.54. The number of aryl methyl sites for hydroxylation is 1. The maximum absolute atomic E-state index is 13.2. The molecule has 0 radical (unpaired) electrons. The summed E-state index contributed by atoms with van der Waals surface area (Å²) in [4.78, 5) is 19.1. The highest BCUT2D eigenvalue weighted by Gasteiger charge is 2.42. The molecule has 0 fully saturated rings. The fourth-order valence-corrected chi connectivity index (χ4v) is 5.87. The quantitative estimate of drug-likeness (QED) is 0.364. The molecule has 3 atom stereocenters. The molecule has 34 heavy (non-hydrogen) atoms. The third kappa shape index (κ3) is 4.34. The molecule has 0 saturated heterocycles. The fraction of sp³-hybridized carbons (Fsp3) is 0.333. The largest absolute Gasteiger partial charge is 0.387 e. The van der Waals surface area contributed by atoms with Gasteiger partial charge in [-0.1, -0.05) is 25.1 Å². The van der Waals surface area contributed by atoms with Crippen molar-refractivity contribution in [2.24, 2.45) is 17.8 Å².